The van der Waals surface area contributed by atoms with E-state index in [-0.39, 0.29) is 29.6 Å². The van der Waals surface area contributed by atoms with Gasteiger partial charge in [-0.25, -0.2) is 0 Å². The number of hydrogen-bond donors (Lipinski definition) is 3. The zero-order valence-electron chi connectivity index (χ0n) is 22.1. The van der Waals surface area contributed by atoms with Crippen molar-refractivity contribution in [3.63, 3.8) is 0 Å². The second-order valence-corrected chi connectivity index (χ2v) is 11.6. The molecule has 0 heterocycles. The van der Waals surface area contributed by atoms with Gasteiger partial charge in [0.25, 0.3) is 0 Å². The molecule has 0 bridgehead atoms. The van der Waals surface area contributed by atoms with Crippen LogP contribution in [-0.2, 0) is 14.4 Å². The van der Waals surface area contributed by atoms with Gasteiger partial charge in [0, 0.05) is 35.8 Å². The van der Waals surface area contributed by atoms with Gasteiger partial charge in [0.1, 0.15) is 11.6 Å². The molecular weight excluding hydrogens is 402 g/mol. The van der Waals surface area contributed by atoms with E-state index in [2.05, 4.69) is 45.3 Å². The number of unbranched alkanes of at least 4 members (excludes halogenated alkanes) is 3. The van der Waals surface area contributed by atoms with E-state index in [1.165, 1.54) is 0 Å². The summed E-state index contributed by atoms with van der Waals surface area (Å²) in [4.78, 5) is 36.8. The lowest BCUT2D eigenvalue weighted by Gasteiger charge is -2.28. The molecule has 6 heteroatoms. The molecule has 0 rings (SSSR count). The monoisotopic (exact) mass is 453 g/mol. The first kappa shape index (κ1) is 30.7. The number of Topliss-reactive ketones (excluding diaryl/α,β-unsaturated/α-hetero) is 2. The Bertz CT molecular complexity index is 574. The number of primary amides is 1. The van der Waals surface area contributed by atoms with E-state index in [1.807, 2.05) is 20.8 Å². The minimum absolute atomic E-state index is 0.0659. The third-order valence-electron chi connectivity index (χ3n) is 5.61. The first-order valence-corrected chi connectivity index (χ1v) is 12.5. The van der Waals surface area contributed by atoms with E-state index in [9.17, 15) is 14.4 Å². The predicted molar refractivity (Wildman–Crippen MR) is 134 cm³/mol. The first-order chi connectivity index (χ1) is 14.6. The Morgan fingerprint density at radius 2 is 1.44 bits per heavy atom. The lowest BCUT2D eigenvalue weighted by molar-refractivity contribution is -0.131. The van der Waals surface area contributed by atoms with E-state index in [0.717, 1.165) is 45.1 Å². The maximum absolute atomic E-state index is 12.9. The van der Waals surface area contributed by atoms with Crippen molar-refractivity contribution in [1.82, 2.24) is 10.6 Å². The average Bonchev–Trinajstić information content (AvgIpc) is 2.63. The average molecular weight is 454 g/mol. The van der Waals surface area contributed by atoms with E-state index in [1.54, 1.807) is 0 Å². The van der Waals surface area contributed by atoms with Gasteiger partial charge in [-0.1, -0.05) is 53.9 Å². The molecular formula is C26H51N3O3. The minimum atomic E-state index is -0.458. The Labute approximate surface area is 197 Å². The van der Waals surface area contributed by atoms with Crippen molar-refractivity contribution in [2.24, 2.45) is 17.1 Å². The zero-order chi connectivity index (χ0) is 24.9. The SMILES string of the molecule is CC(C)NCCCCC(NC(C)(C)C)C(=O)CCCCCC(CC(=O)C(C)(C)C)C(N)=O. The molecule has 1 amide bonds. The van der Waals surface area contributed by atoms with Crippen molar-refractivity contribution in [1.29, 1.82) is 0 Å². The number of amides is 1. The molecule has 2 unspecified atom stereocenters. The summed E-state index contributed by atoms with van der Waals surface area (Å²) in [6, 6.07) is 0.373. The second-order valence-electron chi connectivity index (χ2n) is 11.6. The largest absolute Gasteiger partial charge is 0.369 e. The predicted octanol–water partition coefficient (Wildman–Crippen LogP) is 4.54. The van der Waals surface area contributed by atoms with Crippen molar-refractivity contribution in [3.05, 3.63) is 0 Å². The summed E-state index contributed by atoms with van der Waals surface area (Å²) in [6.07, 6.45) is 6.76. The van der Waals surface area contributed by atoms with Crippen LogP contribution in [0, 0.1) is 11.3 Å². The van der Waals surface area contributed by atoms with Gasteiger partial charge in [-0.05, 0) is 53.0 Å². The quantitative estimate of drug-likeness (QED) is 0.281. The Kier molecular flexibility index (Phi) is 14.2. The summed E-state index contributed by atoms with van der Waals surface area (Å²) in [7, 11) is 0. The van der Waals surface area contributed by atoms with Crippen molar-refractivity contribution in [2.75, 3.05) is 6.54 Å². The Hall–Kier alpha value is -1.27. The van der Waals surface area contributed by atoms with Crippen LogP contribution >= 0.6 is 0 Å². The van der Waals surface area contributed by atoms with Crippen LogP contribution in [0.25, 0.3) is 0 Å². The van der Waals surface area contributed by atoms with Crippen molar-refractivity contribution >= 4 is 17.5 Å². The molecule has 0 aromatic carbocycles. The Morgan fingerprint density at radius 3 is 1.94 bits per heavy atom. The minimum Gasteiger partial charge on any atom is -0.369 e. The van der Waals surface area contributed by atoms with Gasteiger partial charge in [-0.3, -0.25) is 14.4 Å². The van der Waals surface area contributed by atoms with Crippen LogP contribution in [0.5, 0.6) is 0 Å². The molecule has 0 spiro atoms. The number of nitrogens with one attached hydrogen (secondary N) is 2. The molecule has 2 atom stereocenters. The van der Waals surface area contributed by atoms with Crippen molar-refractivity contribution < 1.29 is 14.4 Å². The molecule has 0 fully saturated rings. The van der Waals surface area contributed by atoms with Crippen LogP contribution in [0.15, 0.2) is 0 Å². The molecule has 0 aromatic heterocycles. The second kappa shape index (κ2) is 14.8. The molecule has 0 saturated heterocycles. The van der Waals surface area contributed by atoms with Crippen LogP contribution in [-0.4, -0.2) is 41.6 Å². The highest BCUT2D eigenvalue weighted by atomic mass is 16.1. The number of carbonyl (C=O) groups is 3. The number of rotatable bonds is 17. The first-order valence-electron chi connectivity index (χ1n) is 12.5. The number of carbonyl (C=O) groups excluding carboxylic acids is 3. The topological polar surface area (TPSA) is 101 Å². The smallest absolute Gasteiger partial charge is 0.220 e. The fraction of sp³-hybridized carbons (Fsp3) is 0.885. The molecule has 0 aliphatic carbocycles. The Balaban J connectivity index is 4.46. The standard InChI is InChI=1S/C26H51N3O3/c1-19(2)28-17-13-12-15-21(29-26(6,7)8)22(30)16-11-9-10-14-20(24(27)32)18-23(31)25(3,4)5/h19-21,28-29H,9-18H2,1-8H3,(H2,27,32). The van der Waals surface area contributed by atoms with Gasteiger partial charge in [-0.15, -0.1) is 0 Å². The highest BCUT2D eigenvalue weighted by Gasteiger charge is 2.27. The van der Waals surface area contributed by atoms with Gasteiger partial charge < -0.3 is 16.4 Å². The Morgan fingerprint density at radius 1 is 0.844 bits per heavy atom. The lowest BCUT2D eigenvalue weighted by atomic mass is 9.83. The van der Waals surface area contributed by atoms with Crippen molar-refractivity contribution in [3.8, 4) is 0 Å². The summed E-state index contributed by atoms with van der Waals surface area (Å²) in [5.41, 5.74) is 4.95. The van der Waals surface area contributed by atoms with Gasteiger partial charge in [-0.2, -0.15) is 0 Å². The molecule has 0 aliphatic heterocycles. The number of nitrogens with two attached hydrogens (primary N) is 1. The van der Waals surface area contributed by atoms with E-state index in [4.69, 9.17) is 5.73 Å². The summed E-state index contributed by atoms with van der Waals surface area (Å²) in [5, 5.41) is 6.92. The third-order valence-corrected chi connectivity index (χ3v) is 5.61. The molecule has 32 heavy (non-hydrogen) atoms. The summed E-state index contributed by atoms with van der Waals surface area (Å²) >= 11 is 0. The molecule has 6 nitrogen and oxygen atoms in total. The lowest BCUT2D eigenvalue weighted by Crippen LogP contribution is -2.47. The summed E-state index contributed by atoms with van der Waals surface area (Å²) < 4.78 is 0. The maximum atomic E-state index is 12.9. The van der Waals surface area contributed by atoms with Crippen LogP contribution in [0.4, 0.5) is 0 Å². The van der Waals surface area contributed by atoms with Gasteiger partial charge in [0.15, 0.2) is 0 Å². The zero-order valence-corrected chi connectivity index (χ0v) is 22.1. The van der Waals surface area contributed by atoms with E-state index in [0.29, 0.717) is 18.9 Å². The highest BCUT2D eigenvalue weighted by molar-refractivity contribution is 5.89. The number of ketones is 2. The molecule has 0 aromatic rings. The normalized spacial score (nSPS) is 14.4. The van der Waals surface area contributed by atoms with Crippen molar-refractivity contribution in [2.45, 2.75) is 131 Å². The van der Waals surface area contributed by atoms with Crippen LogP contribution in [0.2, 0.25) is 0 Å². The maximum Gasteiger partial charge on any atom is 0.220 e. The molecule has 0 saturated carbocycles. The van der Waals surface area contributed by atoms with E-state index >= 15 is 0 Å². The molecule has 4 N–H and O–H groups in total. The molecule has 0 aliphatic rings. The summed E-state index contributed by atoms with van der Waals surface area (Å²) in [5.74, 6) is -0.477. The highest BCUT2D eigenvalue weighted by Crippen LogP contribution is 2.23. The van der Waals surface area contributed by atoms with Gasteiger partial charge in [0.05, 0.1) is 6.04 Å². The number of hydrogen-bond acceptors (Lipinski definition) is 5. The van der Waals surface area contributed by atoms with Crippen LogP contribution < -0.4 is 16.4 Å². The third kappa shape index (κ3) is 15.5. The van der Waals surface area contributed by atoms with E-state index < -0.39 is 17.2 Å². The fourth-order valence-corrected chi connectivity index (χ4v) is 3.62. The van der Waals surface area contributed by atoms with Crippen LogP contribution in [0.3, 0.4) is 0 Å². The van der Waals surface area contributed by atoms with Gasteiger partial charge in [0.2, 0.25) is 5.91 Å². The molecule has 0 radical (unpaired) electrons. The van der Waals surface area contributed by atoms with Crippen LogP contribution in [0.1, 0.15) is 113 Å². The fourth-order valence-electron chi connectivity index (χ4n) is 3.62. The summed E-state index contributed by atoms with van der Waals surface area (Å²) in [6.45, 7) is 17.1. The van der Waals surface area contributed by atoms with Gasteiger partial charge >= 0.3 is 0 Å². The molecule has 188 valence electrons.